The molecule has 94 valence electrons. The molecule has 5 heteroatoms. The topological polar surface area (TPSA) is 59.0 Å². The SMILES string of the molecule is CCn1nc(C)cc1C(=O)N[C@@H]1CCCNC1. The van der Waals surface area contributed by atoms with E-state index in [1.807, 2.05) is 19.9 Å². The first-order chi connectivity index (χ1) is 8.20. The Kier molecular flexibility index (Phi) is 3.78. The third-order valence-corrected chi connectivity index (χ3v) is 3.07. The molecule has 1 aliphatic rings. The molecule has 0 bridgehead atoms. The van der Waals surface area contributed by atoms with Crippen molar-refractivity contribution < 1.29 is 4.79 Å². The molecule has 0 unspecified atom stereocenters. The molecule has 1 saturated heterocycles. The number of nitrogens with zero attached hydrogens (tertiary/aromatic N) is 2. The van der Waals surface area contributed by atoms with Gasteiger partial charge in [0.25, 0.3) is 5.91 Å². The van der Waals surface area contributed by atoms with Crippen molar-refractivity contribution in [2.75, 3.05) is 13.1 Å². The van der Waals surface area contributed by atoms with Gasteiger partial charge in [-0.1, -0.05) is 0 Å². The molecular weight excluding hydrogens is 216 g/mol. The summed E-state index contributed by atoms with van der Waals surface area (Å²) in [6, 6.07) is 2.09. The van der Waals surface area contributed by atoms with Crippen LogP contribution in [0.4, 0.5) is 0 Å². The zero-order valence-corrected chi connectivity index (χ0v) is 10.5. The number of aromatic nitrogens is 2. The van der Waals surface area contributed by atoms with Crippen LogP contribution in [0.25, 0.3) is 0 Å². The van der Waals surface area contributed by atoms with Gasteiger partial charge >= 0.3 is 0 Å². The second-order valence-electron chi connectivity index (χ2n) is 4.50. The van der Waals surface area contributed by atoms with E-state index in [1.165, 1.54) is 0 Å². The summed E-state index contributed by atoms with van der Waals surface area (Å²) in [6.07, 6.45) is 2.18. The van der Waals surface area contributed by atoms with Crippen LogP contribution in [-0.4, -0.2) is 34.8 Å². The van der Waals surface area contributed by atoms with Crippen LogP contribution in [0.3, 0.4) is 0 Å². The highest BCUT2D eigenvalue weighted by Crippen LogP contribution is 2.06. The minimum absolute atomic E-state index is 0.0128. The van der Waals surface area contributed by atoms with Crippen molar-refractivity contribution in [2.24, 2.45) is 0 Å². The lowest BCUT2D eigenvalue weighted by Gasteiger charge is -2.23. The van der Waals surface area contributed by atoms with Crippen LogP contribution in [0, 0.1) is 6.92 Å². The number of nitrogens with one attached hydrogen (secondary N) is 2. The summed E-state index contributed by atoms with van der Waals surface area (Å²) in [6.45, 7) is 6.54. The van der Waals surface area contributed by atoms with Gasteiger partial charge in [-0.2, -0.15) is 5.10 Å². The van der Waals surface area contributed by atoms with Gasteiger partial charge in [-0.05, 0) is 39.3 Å². The number of amides is 1. The fourth-order valence-corrected chi connectivity index (χ4v) is 2.20. The van der Waals surface area contributed by atoms with Crippen LogP contribution in [0.5, 0.6) is 0 Å². The Hall–Kier alpha value is -1.36. The van der Waals surface area contributed by atoms with E-state index in [2.05, 4.69) is 15.7 Å². The quantitative estimate of drug-likeness (QED) is 0.812. The first kappa shape index (κ1) is 12.1. The molecule has 1 aromatic heterocycles. The van der Waals surface area contributed by atoms with Crippen LogP contribution in [0.15, 0.2) is 6.07 Å². The van der Waals surface area contributed by atoms with Gasteiger partial charge in [0.1, 0.15) is 5.69 Å². The summed E-state index contributed by atoms with van der Waals surface area (Å²) < 4.78 is 1.75. The fraction of sp³-hybridized carbons (Fsp3) is 0.667. The van der Waals surface area contributed by atoms with Gasteiger partial charge in [-0.15, -0.1) is 0 Å². The number of piperidine rings is 1. The van der Waals surface area contributed by atoms with E-state index in [1.54, 1.807) is 4.68 Å². The maximum absolute atomic E-state index is 12.1. The average Bonchev–Trinajstić information content (AvgIpc) is 2.72. The highest BCUT2D eigenvalue weighted by Gasteiger charge is 2.19. The first-order valence-corrected chi connectivity index (χ1v) is 6.26. The molecule has 17 heavy (non-hydrogen) atoms. The standard InChI is InChI=1S/C12H20N4O/c1-3-16-11(7-9(2)15-16)12(17)14-10-5-4-6-13-8-10/h7,10,13H,3-6,8H2,1-2H3,(H,14,17)/t10-/m1/s1. The van der Waals surface area contributed by atoms with Crippen LogP contribution in [0.2, 0.25) is 0 Å². The molecule has 0 spiro atoms. The first-order valence-electron chi connectivity index (χ1n) is 6.26. The smallest absolute Gasteiger partial charge is 0.269 e. The zero-order valence-electron chi connectivity index (χ0n) is 10.5. The van der Waals surface area contributed by atoms with Crippen LogP contribution < -0.4 is 10.6 Å². The fourth-order valence-electron chi connectivity index (χ4n) is 2.20. The van der Waals surface area contributed by atoms with E-state index in [4.69, 9.17) is 0 Å². The van der Waals surface area contributed by atoms with Gasteiger partial charge in [-0.25, -0.2) is 0 Å². The maximum Gasteiger partial charge on any atom is 0.269 e. The van der Waals surface area contributed by atoms with Gasteiger partial charge < -0.3 is 10.6 Å². The largest absolute Gasteiger partial charge is 0.347 e. The van der Waals surface area contributed by atoms with Crippen molar-refractivity contribution in [2.45, 2.75) is 39.3 Å². The molecule has 1 aromatic rings. The molecule has 1 atom stereocenters. The minimum atomic E-state index is -0.0128. The number of aryl methyl sites for hydroxylation is 2. The Morgan fingerprint density at radius 2 is 2.53 bits per heavy atom. The van der Waals surface area contributed by atoms with Gasteiger partial charge in [-0.3, -0.25) is 9.48 Å². The molecule has 1 fully saturated rings. The van der Waals surface area contributed by atoms with E-state index in [0.717, 1.165) is 38.2 Å². The van der Waals surface area contributed by atoms with E-state index in [-0.39, 0.29) is 11.9 Å². The van der Waals surface area contributed by atoms with E-state index >= 15 is 0 Å². The highest BCUT2D eigenvalue weighted by molar-refractivity contribution is 5.92. The van der Waals surface area contributed by atoms with Crippen LogP contribution in [0.1, 0.15) is 35.9 Å². The maximum atomic E-state index is 12.1. The lowest BCUT2D eigenvalue weighted by molar-refractivity contribution is 0.0920. The number of rotatable bonds is 3. The summed E-state index contributed by atoms with van der Waals surface area (Å²) in [7, 11) is 0. The van der Waals surface area contributed by atoms with Crippen molar-refractivity contribution in [3.63, 3.8) is 0 Å². The van der Waals surface area contributed by atoms with Crippen LogP contribution >= 0.6 is 0 Å². The van der Waals surface area contributed by atoms with Gasteiger partial charge in [0, 0.05) is 19.1 Å². The summed E-state index contributed by atoms with van der Waals surface area (Å²) in [5, 5.41) is 10.6. The summed E-state index contributed by atoms with van der Waals surface area (Å²) in [5.74, 6) is -0.0128. The molecule has 0 saturated carbocycles. The minimum Gasteiger partial charge on any atom is -0.347 e. The Bertz CT molecular complexity index is 393. The number of carbonyl (C=O) groups is 1. The molecule has 1 aliphatic heterocycles. The molecule has 0 radical (unpaired) electrons. The Morgan fingerprint density at radius 3 is 3.18 bits per heavy atom. The monoisotopic (exact) mass is 236 g/mol. The Labute approximate surface area is 102 Å². The van der Waals surface area contributed by atoms with Gasteiger partial charge in [0.2, 0.25) is 0 Å². The van der Waals surface area contributed by atoms with Crippen molar-refractivity contribution in [1.29, 1.82) is 0 Å². The molecule has 5 nitrogen and oxygen atoms in total. The molecule has 2 rings (SSSR count). The normalized spacial score (nSPS) is 20.2. The van der Waals surface area contributed by atoms with Crippen molar-refractivity contribution in [1.82, 2.24) is 20.4 Å². The second kappa shape index (κ2) is 5.31. The van der Waals surface area contributed by atoms with Crippen molar-refractivity contribution in [3.05, 3.63) is 17.5 Å². The lowest BCUT2D eigenvalue weighted by Crippen LogP contribution is -2.46. The molecule has 2 heterocycles. The Balaban J connectivity index is 2.02. The van der Waals surface area contributed by atoms with Crippen LogP contribution in [-0.2, 0) is 6.54 Å². The third kappa shape index (κ3) is 2.85. The zero-order chi connectivity index (χ0) is 12.3. The van der Waals surface area contributed by atoms with Crippen molar-refractivity contribution >= 4 is 5.91 Å². The number of carbonyl (C=O) groups excluding carboxylic acids is 1. The summed E-state index contributed by atoms with van der Waals surface area (Å²) in [5.41, 5.74) is 1.55. The number of hydrogen-bond acceptors (Lipinski definition) is 3. The Morgan fingerprint density at radius 1 is 1.71 bits per heavy atom. The highest BCUT2D eigenvalue weighted by atomic mass is 16.2. The molecule has 0 aliphatic carbocycles. The summed E-state index contributed by atoms with van der Waals surface area (Å²) in [4.78, 5) is 12.1. The van der Waals surface area contributed by atoms with E-state index < -0.39 is 0 Å². The molecule has 2 N–H and O–H groups in total. The molecule has 1 amide bonds. The van der Waals surface area contributed by atoms with Gasteiger partial charge in [0.15, 0.2) is 0 Å². The lowest BCUT2D eigenvalue weighted by atomic mass is 10.1. The number of hydrogen-bond donors (Lipinski definition) is 2. The average molecular weight is 236 g/mol. The predicted molar refractivity (Wildman–Crippen MR) is 66.0 cm³/mol. The molecular formula is C12H20N4O. The van der Waals surface area contributed by atoms with Crippen molar-refractivity contribution in [3.8, 4) is 0 Å². The second-order valence-corrected chi connectivity index (χ2v) is 4.50. The predicted octanol–water partition coefficient (Wildman–Crippen LogP) is 0.693. The van der Waals surface area contributed by atoms with E-state index in [9.17, 15) is 4.79 Å². The summed E-state index contributed by atoms with van der Waals surface area (Å²) >= 11 is 0. The molecule has 0 aromatic carbocycles. The third-order valence-electron chi connectivity index (χ3n) is 3.07. The van der Waals surface area contributed by atoms with E-state index in [0.29, 0.717) is 5.69 Å². The van der Waals surface area contributed by atoms with Gasteiger partial charge in [0.05, 0.1) is 5.69 Å².